The highest BCUT2D eigenvalue weighted by atomic mass is 79.9. The molecule has 4 aromatic rings. The molecule has 0 saturated carbocycles. The maximum atomic E-state index is 12.2. The molecule has 0 saturated heterocycles. The quantitative estimate of drug-likeness (QED) is 0.407. The van der Waals surface area contributed by atoms with Gasteiger partial charge in [0, 0.05) is 24.9 Å². The number of para-hydroxylation sites is 1. The van der Waals surface area contributed by atoms with E-state index >= 15 is 0 Å². The van der Waals surface area contributed by atoms with Crippen molar-refractivity contribution in [3.8, 4) is 23.1 Å². The number of hydrogen-bond donors (Lipinski definition) is 0. The van der Waals surface area contributed by atoms with Gasteiger partial charge in [0.05, 0.1) is 12.8 Å². The summed E-state index contributed by atoms with van der Waals surface area (Å²) in [6, 6.07) is 12.7. The van der Waals surface area contributed by atoms with Crippen LogP contribution in [0, 0.1) is 0 Å². The van der Waals surface area contributed by atoms with Crippen LogP contribution in [0.15, 0.2) is 58.1 Å². The summed E-state index contributed by atoms with van der Waals surface area (Å²) >= 11 is 3.32. The molecule has 29 heavy (non-hydrogen) atoms. The van der Waals surface area contributed by atoms with E-state index in [2.05, 4.69) is 36.4 Å². The Morgan fingerprint density at radius 3 is 2.66 bits per heavy atom. The molecule has 148 valence electrons. The number of hydrogen-bond acceptors (Lipinski definition) is 7. The van der Waals surface area contributed by atoms with Gasteiger partial charge in [-0.25, -0.2) is 14.5 Å². The average molecular weight is 458 g/mol. The van der Waals surface area contributed by atoms with E-state index in [4.69, 9.17) is 9.47 Å². The molecule has 0 unspecified atom stereocenters. The Morgan fingerprint density at radius 2 is 1.90 bits per heavy atom. The molecule has 0 atom stereocenters. The smallest absolute Gasteiger partial charge is 0.368 e. The predicted octanol–water partition coefficient (Wildman–Crippen LogP) is 1.90. The number of rotatable bonds is 6. The standard InChI is InChI=1S/C18H16BrN7O3/c1-24-18(27)26(23-22-24)13-6-4-3-5-12(13)11-29-16-9-10-25(21-16)14-7-8-15(19)20-17(14)28-2/h3-10H,11H2,1-2H3. The Labute approximate surface area is 173 Å². The second-order valence-corrected chi connectivity index (χ2v) is 6.79. The third kappa shape index (κ3) is 3.76. The zero-order valence-corrected chi connectivity index (χ0v) is 17.1. The Balaban J connectivity index is 1.56. The third-order valence-corrected chi connectivity index (χ3v) is 4.57. The number of aromatic nitrogens is 7. The average Bonchev–Trinajstić information content (AvgIpc) is 3.33. The van der Waals surface area contributed by atoms with Crippen LogP contribution in [0.2, 0.25) is 0 Å². The number of benzene rings is 1. The van der Waals surface area contributed by atoms with Crippen LogP contribution in [0.3, 0.4) is 0 Å². The molecule has 1 aromatic carbocycles. The lowest BCUT2D eigenvalue weighted by atomic mass is 10.2. The first kappa shape index (κ1) is 18.9. The van der Waals surface area contributed by atoms with Crippen molar-refractivity contribution in [3.05, 3.63) is 69.3 Å². The number of halogens is 1. The molecule has 0 aliphatic heterocycles. The first-order valence-corrected chi connectivity index (χ1v) is 9.33. The van der Waals surface area contributed by atoms with Gasteiger partial charge >= 0.3 is 5.69 Å². The summed E-state index contributed by atoms with van der Waals surface area (Å²) in [7, 11) is 3.09. The Bertz CT molecular complexity index is 1210. The maximum Gasteiger partial charge on any atom is 0.368 e. The fraction of sp³-hybridized carbons (Fsp3) is 0.167. The molecule has 0 bridgehead atoms. The van der Waals surface area contributed by atoms with Crippen molar-refractivity contribution < 1.29 is 9.47 Å². The molecular formula is C18H16BrN7O3. The first-order valence-electron chi connectivity index (χ1n) is 8.53. The molecule has 3 aromatic heterocycles. The third-order valence-electron chi connectivity index (χ3n) is 4.13. The molecule has 4 rings (SSSR count). The van der Waals surface area contributed by atoms with E-state index in [-0.39, 0.29) is 12.3 Å². The number of ether oxygens (including phenoxy) is 2. The van der Waals surface area contributed by atoms with Crippen LogP contribution >= 0.6 is 15.9 Å². The molecule has 0 spiro atoms. The van der Waals surface area contributed by atoms with Crippen LogP contribution in [0.1, 0.15) is 5.56 Å². The van der Waals surface area contributed by atoms with E-state index in [1.165, 1.54) is 9.36 Å². The second kappa shape index (κ2) is 7.87. The van der Waals surface area contributed by atoms with Gasteiger partial charge in [0.25, 0.3) is 0 Å². The van der Waals surface area contributed by atoms with Crippen molar-refractivity contribution in [1.82, 2.24) is 34.6 Å². The fourth-order valence-electron chi connectivity index (χ4n) is 2.71. The van der Waals surface area contributed by atoms with Crippen LogP contribution in [0.25, 0.3) is 11.4 Å². The lowest BCUT2D eigenvalue weighted by Crippen LogP contribution is -2.23. The van der Waals surface area contributed by atoms with E-state index in [1.54, 1.807) is 43.2 Å². The van der Waals surface area contributed by atoms with Gasteiger partial charge in [0.1, 0.15) is 16.9 Å². The minimum Gasteiger partial charge on any atom is -0.479 e. The zero-order valence-electron chi connectivity index (χ0n) is 15.6. The van der Waals surface area contributed by atoms with Crippen LogP contribution < -0.4 is 15.2 Å². The van der Waals surface area contributed by atoms with Crippen molar-refractivity contribution >= 4 is 15.9 Å². The summed E-state index contributed by atoms with van der Waals surface area (Å²) in [4.78, 5) is 16.4. The molecule has 3 heterocycles. The van der Waals surface area contributed by atoms with Gasteiger partial charge < -0.3 is 9.47 Å². The van der Waals surface area contributed by atoms with E-state index in [1.807, 2.05) is 24.3 Å². The second-order valence-electron chi connectivity index (χ2n) is 5.98. The lowest BCUT2D eigenvalue weighted by Gasteiger charge is -2.09. The molecule has 0 aliphatic carbocycles. The predicted molar refractivity (Wildman–Crippen MR) is 107 cm³/mol. The molecule has 0 N–H and O–H groups in total. The molecule has 0 aliphatic rings. The maximum absolute atomic E-state index is 12.2. The number of pyridine rings is 1. The van der Waals surface area contributed by atoms with Crippen molar-refractivity contribution in [2.45, 2.75) is 6.61 Å². The van der Waals surface area contributed by atoms with Crippen molar-refractivity contribution in [2.24, 2.45) is 7.05 Å². The monoisotopic (exact) mass is 457 g/mol. The summed E-state index contributed by atoms with van der Waals surface area (Å²) in [5.41, 5.74) is 1.71. The normalized spacial score (nSPS) is 10.9. The lowest BCUT2D eigenvalue weighted by molar-refractivity contribution is 0.291. The topological polar surface area (TPSA) is 102 Å². The summed E-state index contributed by atoms with van der Waals surface area (Å²) in [6.07, 6.45) is 1.75. The van der Waals surface area contributed by atoms with E-state index in [0.29, 0.717) is 27.7 Å². The van der Waals surface area contributed by atoms with Crippen LogP contribution in [0.4, 0.5) is 0 Å². The van der Waals surface area contributed by atoms with Crippen molar-refractivity contribution in [2.75, 3.05) is 7.11 Å². The largest absolute Gasteiger partial charge is 0.479 e. The number of tetrazole rings is 1. The molecule has 0 fully saturated rings. The molecule has 0 radical (unpaired) electrons. The van der Waals surface area contributed by atoms with Gasteiger partial charge in [0.2, 0.25) is 11.8 Å². The Morgan fingerprint density at radius 1 is 1.07 bits per heavy atom. The Hall–Kier alpha value is -3.47. The minimum atomic E-state index is -0.337. The van der Waals surface area contributed by atoms with Gasteiger partial charge in [-0.2, -0.15) is 9.36 Å². The molecule has 0 amide bonds. The van der Waals surface area contributed by atoms with Crippen molar-refractivity contribution in [1.29, 1.82) is 0 Å². The molecule has 11 heteroatoms. The SMILES string of the molecule is COc1nc(Br)ccc1-n1ccc(OCc2ccccc2-n2nnn(C)c2=O)n1. The van der Waals surface area contributed by atoms with E-state index in [9.17, 15) is 4.79 Å². The van der Waals surface area contributed by atoms with Gasteiger partial charge in [-0.05, 0) is 44.6 Å². The number of methoxy groups -OCH3 is 1. The molecule has 10 nitrogen and oxygen atoms in total. The van der Waals surface area contributed by atoms with Crippen LogP contribution in [-0.2, 0) is 13.7 Å². The van der Waals surface area contributed by atoms with Gasteiger partial charge in [-0.15, -0.1) is 5.10 Å². The first-order chi connectivity index (χ1) is 14.1. The number of aryl methyl sites for hydroxylation is 1. The fourth-order valence-corrected chi connectivity index (χ4v) is 3.00. The highest BCUT2D eigenvalue weighted by Crippen LogP contribution is 2.24. The van der Waals surface area contributed by atoms with Crippen molar-refractivity contribution in [3.63, 3.8) is 0 Å². The van der Waals surface area contributed by atoms with Gasteiger partial charge in [0.15, 0.2) is 0 Å². The van der Waals surface area contributed by atoms with Gasteiger partial charge in [-0.1, -0.05) is 18.2 Å². The Kier molecular flexibility index (Phi) is 5.12. The van der Waals surface area contributed by atoms with Crippen LogP contribution in [-0.4, -0.2) is 41.7 Å². The highest BCUT2D eigenvalue weighted by Gasteiger charge is 2.13. The summed E-state index contributed by atoms with van der Waals surface area (Å²) < 4.78 is 15.8. The van der Waals surface area contributed by atoms with Gasteiger partial charge in [-0.3, -0.25) is 0 Å². The summed E-state index contributed by atoms with van der Waals surface area (Å²) in [5, 5.41) is 12.1. The summed E-state index contributed by atoms with van der Waals surface area (Å²) in [6.45, 7) is 0.200. The highest BCUT2D eigenvalue weighted by molar-refractivity contribution is 9.10. The van der Waals surface area contributed by atoms with E-state index < -0.39 is 0 Å². The molecular weight excluding hydrogens is 442 g/mol. The van der Waals surface area contributed by atoms with E-state index in [0.717, 1.165) is 5.56 Å². The minimum absolute atomic E-state index is 0.200. The summed E-state index contributed by atoms with van der Waals surface area (Å²) in [5.74, 6) is 0.845. The number of nitrogens with zero attached hydrogens (tertiary/aromatic N) is 7. The zero-order chi connectivity index (χ0) is 20.4. The van der Waals surface area contributed by atoms with Crippen LogP contribution in [0.5, 0.6) is 11.8 Å².